The average Bonchev–Trinajstić information content (AvgIpc) is 2.83. The molecule has 0 heterocycles. The lowest BCUT2D eigenvalue weighted by Crippen LogP contribution is -2.48. The number of allylic oxidation sites excluding steroid dienone is 1. The molecule has 1 saturated carbocycles. The van der Waals surface area contributed by atoms with Crippen LogP contribution < -0.4 is 15.6 Å². The van der Waals surface area contributed by atoms with Gasteiger partial charge in [-0.3, -0.25) is 15.0 Å². The number of carbonyl (C=O) groups is 2. The number of methoxy groups -OCH3 is 1. The number of hydrazine groups is 1. The van der Waals surface area contributed by atoms with Crippen LogP contribution in [-0.4, -0.2) is 24.3 Å². The fourth-order valence-electron chi connectivity index (χ4n) is 4.77. The van der Waals surface area contributed by atoms with Crippen LogP contribution in [-0.2, 0) is 6.42 Å². The van der Waals surface area contributed by atoms with E-state index in [1.54, 1.807) is 13.2 Å². The molecule has 0 aromatic heterocycles. The molecule has 1 aliphatic carbocycles. The molecular weight excluding hydrogens is 448 g/mol. The molecule has 2 N–H and O–H groups in total. The average molecular weight is 483 g/mol. The molecule has 5 nitrogen and oxygen atoms in total. The standard InChI is InChI=1S/C28H35ClN2O3/c1-19-16-21(18-23(17-19)27(29)32)10-7-8-14-25(22-11-5-4-6-12-22)30-31-28(33)24-13-9-15-26(34-3)20(24)2/h7-9,13,15-18,22,25,30H,4-6,10-12,14H2,1-3H3,(H,31,33)/b8-7-/t25-/m1/s1. The Morgan fingerprint density at radius 3 is 2.59 bits per heavy atom. The first-order valence-electron chi connectivity index (χ1n) is 12.0. The minimum absolute atomic E-state index is 0.153. The molecule has 0 unspecified atom stereocenters. The van der Waals surface area contributed by atoms with E-state index in [9.17, 15) is 9.59 Å². The van der Waals surface area contributed by atoms with E-state index in [0.717, 1.165) is 29.5 Å². The largest absolute Gasteiger partial charge is 0.496 e. The van der Waals surface area contributed by atoms with E-state index in [0.29, 0.717) is 22.8 Å². The predicted octanol–water partition coefficient (Wildman–Crippen LogP) is 6.06. The van der Waals surface area contributed by atoms with E-state index in [-0.39, 0.29) is 11.9 Å². The van der Waals surface area contributed by atoms with Crippen LogP contribution in [0.1, 0.15) is 75.9 Å². The second-order valence-corrected chi connectivity index (χ2v) is 9.47. The van der Waals surface area contributed by atoms with Gasteiger partial charge in [-0.1, -0.05) is 49.1 Å². The number of amides is 1. The summed E-state index contributed by atoms with van der Waals surface area (Å²) in [6.45, 7) is 3.86. The molecular formula is C28H35ClN2O3. The SMILES string of the molecule is COc1cccc(C(=O)NN[C@H](C/C=C\Cc2cc(C)cc(C(=O)Cl)c2)C2CCCCC2)c1C. The van der Waals surface area contributed by atoms with Crippen molar-refractivity contribution in [3.63, 3.8) is 0 Å². The Morgan fingerprint density at radius 2 is 1.88 bits per heavy atom. The molecule has 34 heavy (non-hydrogen) atoms. The number of halogens is 1. The summed E-state index contributed by atoms with van der Waals surface area (Å²) in [6.07, 6.45) is 11.9. The van der Waals surface area contributed by atoms with Crippen LogP contribution in [0.2, 0.25) is 0 Å². The molecule has 182 valence electrons. The van der Waals surface area contributed by atoms with Gasteiger partial charge in [0.15, 0.2) is 0 Å². The van der Waals surface area contributed by atoms with Crippen molar-refractivity contribution >= 4 is 22.8 Å². The molecule has 6 heteroatoms. The third kappa shape index (κ3) is 7.18. The van der Waals surface area contributed by atoms with E-state index >= 15 is 0 Å². The normalized spacial score (nSPS) is 15.3. The zero-order chi connectivity index (χ0) is 24.5. The van der Waals surface area contributed by atoms with Crippen molar-refractivity contribution in [2.75, 3.05) is 7.11 Å². The number of benzene rings is 2. The Morgan fingerprint density at radius 1 is 1.12 bits per heavy atom. The molecule has 0 aliphatic heterocycles. The van der Waals surface area contributed by atoms with Gasteiger partial charge in [-0.15, -0.1) is 0 Å². The van der Waals surface area contributed by atoms with Crippen molar-refractivity contribution in [3.05, 3.63) is 76.4 Å². The molecule has 1 atom stereocenters. The van der Waals surface area contributed by atoms with Gasteiger partial charge in [0.2, 0.25) is 0 Å². The smallest absolute Gasteiger partial charge is 0.265 e. The highest BCUT2D eigenvalue weighted by molar-refractivity contribution is 6.67. The van der Waals surface area contributed by atoms with Crippen molar-refractivity contribution < 1.29 is 14.3 Å². The summed E-state index contributed by atoms with van der Waals surface area (Å²) in [5.41, 5.74) is 10.3. The predicted molar refractivity (Wildman–Crippen MR) is 138 cm³/mol. The molecule has 1 fully saturated rings. The van der Waals surface area contributed by atoms with Gasteiger partial charge in [-0.2, -0.15) is 0 Å². The molecule has 0 radical (unpaired) electrons. The summed E-state index contributed by atoms with van der Waals surface area (Å²) in [7, 11) is 1.61. The van der Waals surface area contributed by atoms with Crippen LogP contribution >= 0.6 is 11.6 Å². The first kappa shape index (κ1) is 26.0. The molecule has 0 saturated heterocycles. The summed E-state index contributed by atoms with van der Waals surface area (Å²) in [5, 5.41) is -0.433. The summed E-state index contributed by atoms with van der Waals surface area (Å²) >= 11 is 5.66. The van der Waals surface area contributed by atoms with Gasteiger partial charge in [0.05, 0.1) is 7.11 Å². The summed E-state index contributed by atoms with van der Waals surface area (Å²) in [4.78, 5) is 24.4. The van der Waals surface area contributed by atoms with E-state index in [4.69, 9.17) is 16.3 Å². The number of carbonyl (C=O) groups excluding carboxylic acids is 2. The molecule has 2 aromatic carbocycles. The van der Waals surface area contributed by atoms with Crippen molar-refractivity contribution in [1.29, 1.82) is 0 Å². The fourth-order valence-corrected chi connectivity index (χ4v) is 4.88. The molecule has 0 bridgehead atoms. The third-order valence-electron chi connectivity index (χ3n) is 6.61. The molecule has 0 spiro atoms. The first-order chi connectivity index (χ1) is 16.4. The van der Waals surface area contributed by atoms with Gasteiger partial charge in [0, 0.05) is 22.7 Å². The second kappa shape index (κ2) is 12.7. The Hall–Kier alpha value is -2.63. The summed E-state index contributed by atoms with van der Waals surface area (Å²) in [6, 6.07) is 11.4. The van der Waals surface area contributed by atoms with Crippen molar-refractivity contribution in [3.8, 4) is 5.75 Å². The van der Waals surface area contributed by atoms with Crippen LogP contribution in [0, 0.1) is 19.8 Å². The van der Waals surface area contributed by atoms with Crippen molar-refractivity contribution in [2.45, 2.75) is 64.8 Å². The lowest BCUT2D eigenvalue weighted by atomic mass is 9.83. The van der Waals surface area contributed by atoms with Crippen LogP contribution in [0.4, 0.5) is 0 Å². The molecule has 2 aromatic rings. The summed E-state index contributed by atoms with van der Waals surface area (Å²) in [5.74, 6) is 1.07. The minimum Gasteiger partial charge on any atom is -0.496 e. The third-order valence-corrected chi connectivity index (χ3v) is 6.83. The highest BCUT2D eigenvalue weighted by Crippen LogP contribution is 2.28. The van der Waals surface area contributed by atoms with E-state index in [2.05, 4.69) is 29.1 Å². The topological polar surface area (TPSA) is 67.4 Å². The Balaban J connectivity index is 1.63. The Kier molecular flexibility index (Phi) is 9.73. The number of aryl methyl sites for hydroxylation is 1. The lowest BCUT2D eigenvalue weighted by molar-refractivity contribution is 0.0911. The number of hydrogen-bond acceptors (Lipinski definition) is 4. The van der Waals surface area contributed by atoms with Gasteiger partial charge in [-0.05, 0) is 86.9 Å². The van der Waals surface area contributed by atoms with E-state index < -0.39 is 5.24 Å². The van der Waals surface area contributed by atoms with E-state index in [1.807, 2.05) is 38.1 Å². The summed E-state index contributed by atoms with van der Waals surface area (Å²) < 4.78 is 5.35. The van der Waals surface area contributed by atoms with Gasteiger partial charge in [-0.25, -0.2) is 5.43 Å². The zero-order valence-corrected chi connectivity index (χ0v) is 21.1. The van der Waals surface area contributed by atoms with Crippen LogP contribution in [0.15, 0.2) is 48.6 Å². The van der Waals surface area contributed by atoms with Crippen LogP contribution in [0.5, 0.6) is 5.75 Å². The molecule has 1 amide bonds. The highest BCUT2D eigenvalue weighted by Gasteiger charge is 2.23. The molecule has 1 aliphatic rings. The van der Waals surface area contributed by atoms with Gasteiger partial charge in [0.25, 0.3) is 11.1 Å². The van der Waals surface area contributed by atoms with Gasteiger partial charge >= 0.3 is 0 Å². The van der Waals surface area contributed by atoms with Crippen LogP contribution in [0.25, 0.3) is 0 Å². The highest BCUT2D eigenvalue weighted by atomic mass is 35.5. The fraction of sp³-hybridized carbons (Fsp3) is 0.429. The maximum Gasteiger partial charge on any atom is 0.265 e. The Bertz CT molecular complexity index is 1030. The maximum absolute atomic E-state index is 12.9. The van der Waals surface area contributed by atoms with Crippen LogP contribution in [0.3, 0.4) is 0 Å². The lowest BCUT2D eigenvalue weighted by Gasteiger charge is -2.30. The zero-order valence-electron chi connectivity index (χ0n) is 20.3. The van der Waals surface area contributed by atoms with Crippen molar-refractivity contribution in [2.24, 2.45) is 5.92 Å². The number of ether oxygens (including phenoxy) is 1. The number of nitrogens with one attached hydrogen (secondary N) is 2. The van der Waals surface area contributed by atoms with Crippen molar-refractivity contribution in [1.82, 2.24) is 10.9 Å². The minimum atomic E-state index is -0.433. The molecule has 3 rings (SSSR count). The number of hydrogen-bond donors (Lipinski definition) is 2. The van der Waals surface area contributed by atoms with E-state index in [1.165, 1.54) is 32.1 Å². The maximum atomic E-state index is 12.9. The first-order valence-corrected chi connectivity index (χ1v) is 12.4. The second-order valence-electron chi connectivity index (χ2n) is 9.13. The van der Waals surface area contributed by atoms with Gasteiger partial charge in [0.1, 0.15) is 5.75 Å². The van der Waals surface area contributed by atoms with Gasteiger partial charge < -0.3 is 4.74 Å². The monoisotopic (exact) mass is 482 g/mol. The quantitative estimate of drug-likeness (QED) is 0.245. The Labute approximate surface area is 207 Å². The number of rotatable bonds is 10.